The lowest BCUT2D eigenvalue weighted by atomic mass is 10.0. The molecule has 1 rings (SSSR count). The molecule has 0 aromatic heterocycles. The first kappa shape index (κ1) is 20.9. The highest BCUT2D eigenvalue weighted by Crippen LogP contribution is 2.12. The van der Waals surface area contributed by atoms with Gasteiger partial charge in [0.25, 0.3) is 0 Å². The molecule has 6 heteroatoms. The zero-order valence-corrected chi connectivity index (χ0v) is 15.8. The molecule has 21 heavy (non-hydrogen) atoms. The Balaban J connectivity index is 0.00000400. The molecule has 2 unspecified atom stereocenters. The van der Waals surface area contributed by atoms with Crippen LogP contribution in [0.2, 0.25) is 0 Å². The summed E-state index contributed by atoms with van der Waals surface area (Å²) in [5.41, 5.74) is 0. The minimum Gasteiger partial charge on any atom is -0.396 e. The fourth-order valence-electron chi connectivity index (χ4n) is 2.50. The minimum atomic E-state index is 0. The SMILES string of the molecule is CCCC(CCO)CN=C(NCC)NCC1CCCO1.I. The van der Waals surface area contributed by atoms with Crippen molar-refractivity contribution in [2.75, 3.05) is 32.8 Å². The molecule has 0 aromatic carbocycles. The number of halogens is 1. The van der Waals surface area contributed by atoms with Crippen molar-refractivity contribution >= 4 is 29.9 Å². The van der Waals surface area contributed by atoms with Gasteiger partial charge in [0.1, 0.15) is 0 Å². The van der Waals surface area contributed by atoms with Gasteiger partial charge in [-0.2, -0.15) is 0 Å². The Kier molecular flexibility index (Phi) is 13.5. The zero-order valence-electron chi connectivity index (χ0n) is 13.4. The van der Waals surface area contributed by atoms with Gasteiger partial charge in [-0.25, -0.2) is 0 Å². The molecule has 126 valence electrons. The molecule has 1 aliphatic heterocycles. The molecule has 0 spiro atoms. The molecule has 0 radical (unpaired) electrons. The van der Waals surface area contributed by atoms with Crippen LogP contribution in [0.4, 0.5) is 0 Å². The van der Waals surface area contributed by atoms with Crippen molar-refractivity contribution in [3.8, 4) is 0 Å². The van der Waals surface area contributed by atoms with E-state index in [-0.39, 0.29) is 30.6 Å². The maximum atomic E-state index is 9.08. The van der Waals surface area contributed by atoms with Crippen LogP contribution >= 0.6 is 24.0 Å². The van der Waals surface area contributed by atoms with E-state index in [2.05, 4.69) is 29.5 Å². The van der Waals surface area contributed by atoms with Crippen molar-refractivity contribution in [3.63, 3.8) is 0 Å². The Bertz CT molecular complexity index is 266. The van der Waals surface area contributed by atoms with Gasteiger partial charge in [-0.15, -0.1) is 24.0 Å². The lowest BCUT2D eigenvalue weighted by molar-refractivity contribution is 0.114. The predicted octanol–water partition coefficient (Wildman–Crippen LogP) is 2.14. The minimum absolute atomic E-state index is 0. The first-order chi connectivity index (χ1) is 9.80. The largest absolute Gasteiger partial charge is 0.396 e. The van der Waals surface area contributed by atoms with Gasteiger partial charge in [0.15, 0.2) is 5.96 Å². The van der Waals surface area contributed by atoms with E-state index in [1.165, 1.54) is 0 Å². The molecule has 0 saturated carbocycles. The molecular formula is C15H32IN3O2. The van der Waals surface area contributed by atoms with Crippen LogP contribution in [0.1, 0.15) is 46.0 Å². The average Bonchev–Trinajstić information content (AvgIpc) is 2.95. The summed E-state index contributed by atoms with van der Waals surface area (Å²) >= 11 is 0. The molecule has 0 aromatic rings. The molecule has 1 fully saturated rings. The van der Waals surface area contributed by atoms with Gasteiger partial charge in [0, 0.05) is 32.8 Å². The van der Waals surface area contributed by atoms with Crippen molar-refractivity contribution < 1.29 is 9.84 Å². The Morgan fingerprint density at radius 3 is 2.71 bits per heavy atom. The van der Waals surface area contributed by atoms with Crippen molar-refractivity contribution in [1.82, 2.24) is 10.6 Å². The van der Waals surface area contributed by atoms with Crippen LogP contribution in [0.3, 0.4) is 0 Å². The van der Waals surface area contributed by atoms with Gasteiger partial charge in [-0.1, -0.05) is 13.3 Å². The molecule has 1 saturated heterocycles. The Morgan fingerprint density at radius 2 is 2.14 bits per heavy atom. The number of hydrogen-bond acceptors (Lipinski definition) is 3. The second-order valence-electron chi connectivity index (χ2n) is 5.40. The van der Waals surface area contributed by atoms with Gasteiger partial charge in [0.2, 0.25) is 0 Å². The van der Waals surface area contributed by atoms with Gasteiger partial charge >= 0.3 is 0 Å². The summed E-state index contributed by atoms with van der Waals surface area (Å²) in [5.74, 6) is 1.34. The van der Waals surface area contributed by atoms with Crippen molar-refractivity contribution in [1.29, 1.82) is 0 Å². The van der Waals surface area contributed by atoms with E-state index in [0.717, 1.165) is 64.3 Å². The van der Waals surface area contributed by atoms with Crippen LogP contribution in [0.15, 0.2) is 4.99 Å². The predicted molar refractivity (Wildman–Crippen MR) is 98.5 cm³/mol. The van der Waals surface area contributed by atoms with E-state index in [4.69, 9.17) is 9.84 Å². The summed E-state index contributed by atoms with van der Waals surface area (Å²) < 4.78 is 5.61. The lowest BCUT2D eigenvalue weighted by Gasteiger charge is -2.17. The number of nitrogens with zero attached hydrogens (tertiary/aromatic N) is 1. The first-order valence-electron chi connectivity index (χ1n) is 8.04. The second-order valence-corrected chi connectivity index (χ2v) is 5.40. The van der Waals surface area contributed by atoms with E-state index in [1.54, 1.807) is 0 Å². The van der Waals surface area contributed by atoms with Crippen molar-refractivity contribution in [3.05, 3.63) is 0 Å². The van der Waals surface area contributed by atoms with Gasteiger partial charge in [0.05, 0.1) is 6.10 Å². The summed E-state index contributed by atoms with van der Waals surface area (Å²) in [5, 5.41) is 15.7. The number of ether oxygens (including phenoxy) is 1. The number of aliphatic hydroxyl groups excluding tert-OH is 1. The quantitative estimate of drug-likeness (QED) is 0.308. The monoisotopic (exact) mass is 413 g/mol. The summed E-state index contributed by atoms with van der Waals surface area (Å²) in [6.45, 7) is 7.83. The number of nitrogens with one attached hydrogen (secondary N) is 2. The molecule has 3 N–H and O–H groups in total. The van der Waals surface area contributed by atoms with Gasteiger partial charge < -0.3 is 20.5 Å². The summed E-state index contributed by atoms with van der Waals surface area (Å²) in [4.78, 5) is 4.64. The van der Waals surface area contributed by atoms with E-state index >= 15 is 0 Å². The highest BCUT2D eigenvalue weighted by molar-refractivity contribution is 14.0. The standard InChI is InChI=1S/C15H31N3O2.HI/c1-3-6-13(8-9-19)11-17-15(16-4-2)18-12-14-7-5-10-20-14;/h13-14,19H,3-12H2,1-2H3,(H2,16,17,18);1H. The average molecular weight is 413 g/mol. The van der Waals surface area contributed by atoms with E-state index in [0.29, 0.717) is 12.0 Å². The summed E-state index contributed by atoms with van der Waals surface area (Å²) in [6, 6.07) is 0. The number of hydrogen-bond donors (Lipinski definition) is 3. The fourth-order valence-corrected chi connectivity index (χ4v) is 2.50. The Hall–Kier alpha value is -0.0800. The molecule has 1 heterocycles. The van der Waals surface area contributed by atoms with E-state index in [1.807, 2.05) is 0 Å². The first-order valence-corrected chi connectivity index (χ1v) is 8.04. The van der Waals surface area contributed by atoms with Crippen LogP contribution in [0.25, 0.3) is 0 Å². The van der Waals surface area contributed by atoms with Crippen LogP contribution in [-0.4, -0.2) is 50.0 Å². The smallest absolute Gasteiger partial charge is 0.191 e. The zero-order chi connectivity index (χ0) is 14.6. The highest BCUT2D eigenvalue weighted by Gasteiger charge is 2.15. The second kappa shape index (κ2) is 13.6. The Morgan fingerprint density at radius 1 is 1.33 bits per heavy atom. The van der Waals surface area contributed by atoms with Crippen LogP contribution in [0, 0.1) is 5.92 Å². The van der Waals surface area contributed by atoms with E-state index in [9.17, 15) is 0 Å². The van der Waals surface area contributed by atoms with Crippen LogP contribution < -0.4 is 10.6 Å². The van der Waals surface area contributed by atoms with Gasteiger partial charge in [-0.3, -0.25) is 4.99 Å². The normalized spacial score (nSPS) is 20.0. The molecule has 0 bridgehead atoms. The third-order valence-electron chi connectivity index (χ3n) is 3.61. The van der Waals surface area contributed by atoms with Crippen molar-refractivity contribution in [2.24, 2.45) is 10.9 Å². The third-order valence-corrected chi connectivity index (χ3v) is 3.61. The Labute approximate surface area is 146 Å². The lowest BCUT2D eigenvalue weighted by Crippen LogP contribution is -2.41. The maximum Gasteiger partial charge on any atom is 0.191 e. The molecule has 0 amide bonds. The highest BCUT2D eigenvalue weighted by atomic mass is 127. The topological polar surface area (TPSA) is 65.9 Å². The van der Waals surface area contributed by atoms with Crippen LogP contribution in [-0.2, 0) is 4.74 Å². The number of rotatable bonds is 9. The molecular weight excluding hydrogens is 381 g/mol. The molecule has 2 atom stereocenters. The van der Waals surface area contributed by atoms with E-state index < -0.39 is 0 Å². The molecule has 5 nitrogen and oxygen atoms in total. The summed E-state index contributed by atoms with van der Waals surface area (Å²) in [6.07, 6.45) is 5.71. The van der Waals surface area contributed by atoms with Crippen LogP contribution in [0.5, 0.6) is 0 Å². The number of guanidine groups is 1. The molecule has 0 aliphatic carbocycles. The number of aliphatic imine (C=N–C) groups is 1. The van der Waals surface area contributed by atoms with Crippen molar-refractivity contribution in [2.45, 2.75) is 52.1 Å². The summed E-state index contributed by atoms with van der Waals surface area (Å²) in [7, 11) is 0. The fraction of sp³-hybridized carbons (Fsp3) is 0.933. The molecule has 1 aliphatic rings. The van der Waals surface area contributed by atoms with Gasteiger partial charge in [-0.05, 0) is 38.5 Å². The number of aliphatic hydroxyl groups is 1. The maximum absolute atomic E-state index is 9.08. The third kappa shape index (κ3) is 9.52.